The van der Waals surface area contributed by atoms with Crippen molar-refractivity contribution in [2.75, 3.05) is 7.11 Å². The first kappa shape index (κ1) is 18.2. The Balaban J connectivity index is 2.97. The summed E-state index contributed by atoms with van der Waals surface area (Å²) in [6.07, 6.45) is 2.06. The molecule has 0 saturated heterocycles. The number of esters is 1. The van der Waals surface area contributed by atoms with E-state index >= 15 is 0 Å². The number of rotatable bonds is 6. The van der Waals surface area contributed by atoms with Gasteiger partial charge in [0.15, 0.2) is 0 Å². The summed E-state index contributed by atoms with van der Waals surface area (Å²) in [5.41, 5.74) is 0.459. The number of methoxy groups -OCH3 is 1. The average molecular weight is 316 g/mol. The predicted octanol–water partition coefficient (Wildman–Crippen LogP) is 2.00. The van der Waals surface area contributed by atoms with Gasteiger partial charge in [0.1, 0.15) is 23.4 Å². The number of carbonyl (C=O) groups excluding carboxylic acids is 2. The Morgan fingerprint density at radius 1 is 1.39 bits per heavy atom. The van der Waals surface area contributed by atoms with Crippen molar-refractivity contribution in [2.24, 2.45) is 5.92 Å². The fraction of sp³-hybridized carbons (Fsp3) is 0.353. The number of phenols is 1. The van der Waals surface area contributed by atoms with Crippen LogP contribution in [0.1, 0.15) is 25.8 Å². The Morgan fingerprint density at radius 3 is 2.48 bits per heavy atom. The third-order valence-corrected chi connectivity index (χ3v) is 3.52. The van der Waals surface area contributed by atoms with Crippen LogP contribution in [0.25, 0.3) is 6.08 Å². The molecule has 6 heteroatoms. The van der Waals surface area contributed by atoms with Gasteiger partial charge in [-0.2, -0.15) is 5.26 Å². The molecular formula is C17H20N2O4. The number of nitriles is 1. The van der Waals surface area contributed by atoms with Crippen LogP contribution in [0.5, 0.6) is 5.75 Å². The van der Waals surface area contributed by atoms with E-state index in [9.17, 15) is 20.0 Å². The number of carbonyl (C=O) groups is 2. The zero-order valence-electron chi connectivity index (χ0n) is 13.4. The fourth-order valence-corrected chi connectivity index (χ4v) is 1.90. The van der Waals surface area contributed by atoms with Crippen molar-refractivity contribution in [3.63, 3.8) is 0 Å². The number of hydrogen-bond acceptors (Lipinski definition) is 5. The van der Waals surface area contributed by atoms with Gasteiger partial charge in [0.25, 0.3) is 5.91 Å². The lowest BCUT2D eigenvalue weighted by Gasteiger charge is -2.21. The number of benzene rings is 1. The summed E-state index contributed by atoms with van der Waals surface area (Å²) in [6.45, 7) is 3.71. The molecule has 0 unspecified atom stereocenters. The first-order valence-corrected chi connectivity index (χ1v) is 7.22. The molecule has 122 valence electrons. The molecule has 0 heterocycles. The third kappa shape index (κ3) is 5.15. The van der Waals surface area contributed by atoms with Gasteiger partial charge in [0, 0.05) is 0 Å². The summed E-state index contributed by atoms with van der Waals surface area (Å²) in [5.74, 6) is -1.22. The highest BCUT2D eigenvalue weighted by Gasteiger charge is 2.27. The molecule has 0 aliphatic rings. The topological polar surface area (TPSA) is 99.4 Å². The van der Waals surface area contributed by atoms with Crippen molar-refractivity contribution in [3.8, 4) is 11.8 Å². The van der Waals surface area contributed by atoms with Crippen molar-refractivity contribution < 1.29 is 19.4 Å². The minimum absolute atomic E-state index is 0.0904. The van der Waals surface area contributed by atoms with Gasteiger partial charge in [-0.05, 0) is 29.7 Å². The fourth-order valence-electron chi connectivity index (χ4n) is 1.90. The van der Waals surface area contributed by atoms with Gasteiger partial charge >= 0.3 is 5.97 Å². The Morgan fingerprint density at radius 2 is 2.00 bits per heavy atom. The van der Waals surface area contributed by atoms with Crippen LogP contribution in [0.2, 0.25) is 0 Å². The zero-order chi connectivity index (χ0) is 17.4. The van der Waals surface area contributed by atoms with Gasteiger partial charge in [0.05, 0.1) is 7.11 Å². The number of ether oxygens (including phenoxy) is 1. The number of nitrogens with one attached hydrogen (secondary N) is 1. The van der Waals surface area contributed by atoms with Crippen molar-refractivity contribution in [1.82, 2.24) is 5.32 Å². The highest BCUT2D eigenvalue weighted by molar-refractivity contribution is 6.03. The Labute approximate surface area is 135 Å². The first-order valence-electron chi connectivity index (χ1n) is 7.22. The molecular weight excluding hydrogens is 296 g/mol. The average Bonchev–Trinajstić information content (AvgIpc) is 2.57. The summed E-state index contributed by atoms with van der Waals surface area (Å²) in [7, 11) is 1.25. The molecule has 1 rings (SSSR count). The summed E-state index contributed by atoms with van der Waals surface area (Å²) in [6, 6.07) is 7.07. The van der Waals surface area contributed by atoms with E-state index in [0.717, 1.165) is 0 Å². The van der Waals surface area contributed by atoms with Gasteiger partial charge in [-0.3, -0.25) is 4.79 Å². The van der Waals surface area contributed by atoms with Gasteiger partial charge in [-0.1, -0.05) is 32.4 Å². The second-order valence-electron chi connectivity index (χ2n) is 5.12. The summed E-state index contributed by atoms with van der Waals surface area (Å²) in [4.78, 5) is 24.0. The van der Waals surface area contributed by atoms with Crippen molar-refractivity contribution >= 4 is 18.0 Å². The molecule has 0 spiro atoms. The minimum Gasteiger partial charge on any atom is -0.508 e. The number of hydrogen-bond donors (Lipinski definition) is 2. The molecule has 0 radical (unpaired) electrons. The number of amides is 1. The molecule has 1 amide bonds. The second-order valence-corrected chi connectivity index (χ2v) is 5.12. The van der Waals surface area contributed by atoms with Gasteiger partial charge in [-0.25, -0.2) is 4.79 Å². The van der Waals surface area contributed by atoms with Gasteiger partial charge in [0.2, 0.25) is 0 Å². The van der Waals surface area contributed by atoms with Crippen LogP contribution < -0.4 is 5.32 Å². The second kappa shape index (κ2) is 8.59. The standard InChI is InChI=1S/C17H20N2O4/c1-4-11(2)15(17(22)23-3)19-16(21)13(10-18)9-12-5-7-14(20)8-6-12/h5-9,11,15,20H,4H2,1-3H3,(H,19,21)/t11-,15-/m0/s1. The van der Waals surface area contributed by atoms with E-state index in [0.29, 0.717) is 12.0 Å². The molecule has 23 heavy (non-hydrogen) atoms. The van der Waals surface area contributed by atoms with Crippen LogP contribution in [0.4, 0.5) is 0 Å². The highest BCUT2D eigenvalue weighted by Crippen LogP contribution is 2.14. The SMILES string of the molecule is CC[C@H](C)[C@H](NC(=O)C(C#N)=Cc1ccc(O)cc1)C(=O)OC. The normalized spacial score (nSPS) is 13.6. The molecule has 2 N–H and O–H groups in total. The monoisotopic (exact) mass is 316 g/mol. The van der Waals surface area contributed by atoms with Crippen LogP contribution in [0.3, 0.4) is 0 Å². The lowest BCUT2D eigenvalue weighted by Crippen LogP contribution is -2.46. The number of nitrogens with zero attached hydrogens (tertiary/aromatic N) is 1. The van der Waals surface area contributed by atoms with Crippen molar-refractivity contribution in [2.45, 2.75) is 26.3 Å². The van der Waals surface area contributed by atoms with E-state index in [-0.39, 0.29) is 17.2 Å². The maximum absolute atomic E-state index is 12.2. The van der Waals surface area contributed by atoms with E-state index in [1.54, 1.807) is 12.1 Å². The lowest BCUT2D eigenvalue weighted by atomic mass is 9.98. The van der Waals surface area contributed by atoms with Crippen LogP contribution in [-0.4, -0.2) is 30.1 Å². The molecule has 1 aromatic rings. The first-order chi connectivity index (χ1) is 10.9. The lowest BCUT2D eigenvalue weighted by molar-refractivity contribution is -0.146. The number of phenolic OH excluding ortho intramolecular Hbond substituents is 1. The molecule has 0 saturated carbocycles. The molecule has 6 nitrogen and oxygen atoms in total. The third-order valence-electron chi connectivity index (χ3n) is 3.52. The van der Waals surface area contributed by atoms with E-state index in [1.807, 2.05) is 19.9 Å². The van der Waals surface area contributed by atoms with E-state index in [1.165, 1.54) is 25.3 Å². The molecule has 0 aliphatic heterocycles. The predicted molar refractivity (Wildman–Crippen MR) is 85.1 cm³/mol. The van der Waals surface area contributed by atoms with E-state index in [4.69, 9.17) is 4.74 Å². The maximum Gasteiger partial charge on any atom is 0.328 e. The smallest absolute Gasteiger partial charge is 0.328 e. The Hall–Kier alpha value is -2.81. The molecule has 1 aromatic carbocycles. The molecule has 0 aromatic heterocycles. The molecule has 2 atom stereocenters. The van der Waals surface area contributed by atoms with Crippen molar-refractivity contribution in [3.05, 3.63) is 35.4 Å². The molecule has 0 bridgehead atoms. The Kier molecular flexibility index (Phi) is 6.81. The highest BCUT2D eigenvalue weighted by atomic mass is 16.5. The van der Waals surface area contributed by atoms with Crippen molar-refractivity contribution in [1.29, 1.82) is 5.26 Å². The van der Waals surface area contributed by atoms with Crippen LogP contribution >= 0.6 is 0 Å². The maximum atomic E-state index is 12.2. The molecule has 0 fully saturated rings. The Bertz CT molecular complexity index is 629. The van der Waals surface area contributed by atoms with Gasteiger partial charge < -0.3 is 15.2 Å². The summed E-state index contributed by atoms with van der Waals surface area (Å²) in [5, 5.41) is 21.0. The summed E-state index contributed by atoms with van der Waals surface area (Å²) < 4.78 is 4.70. The molecule has 0 aliphatic carbocycles. The van der Waals surface area contributed by atoms with Crippen LogP contribution in [-0.2, 0) is 14.3 Å². The van der Waals surface area contributed by atoms with Crippen LogP contribution in [0.15, 0.2) is 29.8 Å². The van der Waals surface area contributed by atoms with Gasteiger partial charge in [-0.15, -0.1) is 0 Å². The van der Waals surface area contributed by atoms with E-state index < -0.39 is 17.9 Å². The minimum atomic E-state index is -0.811. The summed E-state index contributed by atoms with van der Waals surface area (Å²) >= 11 is 0. The van der Waals surface area contributed by atoms with E-state index in [2.05, 4.69) is 5.32 Å². The quantitative estimate of drug-likeness (QED) is 0.475. The van der Waals surface area contributed by atoms with Crippen LogP contribution in [0, 0.1) is 17.2 Å². The largest absolute Gasteiger partial charge is 0.508 e. The number of aromatic hydroxyl groups is 1. The zero-order valence-corrected chi connectivity index (χ0v) is 13.4.